The maximum atomic E-state index is 4.56. The monoisotopic (exact) mass is 263 g/mol. The quantitative estimate of drug-likeness (QED) is 0.800. The van der Waals surface area contributed by atoms with Gasteiger partial charge < -0.3 is 10.2 Å². The van der Waals surface area contributed by atoms with Gasteiger partial charge in [-0.05, 0) is 25.2 Å². The smallest absolute Gasteiger partial charge is 0.244 e. The number of rotatable bonds is 6. The average molecular weight is 263 g/mol. The Bertz CT molecular complexity index is 374. The average Bonchev–Trinajstić information content (AvgIpc) is 2.45. The van der Waals surface area contributed by atoms with Crippen molar-refractivity contribution in [1.82, 2.24) is 15.2 Å². The van der Waals surface area contributed by atoms with Crippen molar-refractivity contribution in [3.05, 3.63) is 6.20 Å². The molecule has 106 valence electrons. The lowest BCUT2D eigenvalue weighted by molar-refractivity contribution is 0.436. The third-order valence-electron chi connectivity index (χ3n) is 3.72. The van der Waals surface area contributed by atoms with Gasteiger partial charge in [-0.2, -0.15) is 10.1 Å². The number of aromatic nitrogens is 3. The van der Waals surface area contributed by atoms with Gasteiger partial charge in [0.2, 0.25) is 5.95 Å². The predicted octanol–water partition coefficient (Wildman–Crippen LogP) is 2.71. The van der Waals surface area contributed by atoms with Gasteiger partial charge in [0.25, 0.3) is 0 Å². The Morgan fingerprint density at radius 2 is 2.11 bits per heavy atom. The molecule has 1 aliphatic heterocycles. The molecule has 0 spiro atoms. The summed E-state index contributed by atoms with van der Waals surface area (Å²) in [6.45, 7) is 7.60. The first kappa shape index (κ1) is 14.0. The number of nitrogens with one attached hydrogen (secondary N) is 1. The molecule has 0 amide bonds. The SMILES string of the molecule is CCCCCNc1nncc(N2CCC(C)CC2)n1. The molecule has 0 bridgehead atoms. The lowest BCUT2D eigenvalue weighted by Gasteiger charge is -2.30. The minimum Gasteiger partial charge on any atom is -0.355 e. The summed E-state index contributed by atoms with van der Waals surface area (Å²) in [6, 6.07) is 0. The molecule has 5 heteroatoms. The third kappa shape index (κ3) is 4.33. The van der Waals surface area contributed by atoms with Gasteiger partial charge in [0, 0.05) is 19.6 Å². The normalized spacial score (nSPS) is 16.6. The molecule has 1 aromatic heterocycles. The summed E-state index contributed by atoms with van der Waals surface area (Å²) in [6.07, 6.45) is 7.88. The van der Waals surface area contributed by atoms with Gasteiger partial charge in [-0.15, -0.1) is 5.10 Å². The lowest BCUT2D eigenvalue weighted by atomic mass is 9.99. The highest BCUT2D eigenvalue weighted by Crippen LogP contribution is 2.20. The molecule has 0 atom stereocenters. The molecule has 1 saturated heterocycles. The van der Waals surface area contributed by atoms with Crippen LogP contribution in [-0.2, 0) is 0 Å². The molecule has 0 aliphatic carbocycles. The van der Waals surface area contributed by atoms with Gasteiger partial charge in [0.15, 0.2) is 5.82 Å². The second kappa shape index (κ2) is 7.26. The van der Waals surface area contributed by atoms with Crippen molar-refractivity contribution in [1.29, 1.82) is 0 Å². The van der Waals surface area contributed by atoms with E-state index in [1.165, 1.54) is 25.7 Å². The van der Waals surface area contributed by atoms with Crippen molar-refractivity contribution in [2.45, 2.75) is 46.0 Å². The number of hydrogen-bond donors (Lipinski definition) is 1. The van der Waals surface area contributed by atoms with Gasteiger partial charge >= 0.3 is 0 Å². The van der Waals surface area contributed by atoms with E-state index in [0.29, 0.717) is 5.95 Å². The zero-order chi connectivity index (χ0) is 13.5. The van der Waals surface area contributed by atoms with E-state index in [0.717, 1.165) is 37.8 Å². The van der Waals surface area contributed by atoms with E-state index in [4.69, 9.17) is 0 Å². The van der Waals surface area contributed by atoms with Gasteiger partial charge in [-0.1, -0.05) is 26.7 Å². The van der Waals surface area contributed by atoms with Crippen LogP contribution in [0.4, 0.5) is 11.8 Å². The summed E-state index contributed by atoms with van der Waals surface area (Å²) in [5, 5.41) is 11.4. The number of unbranched alkanes of at least 4 members (excludes halogenated alkanes) is 2. The number of piperidine rings is 1. The molecule has 0 radical (unpaired) electrons. The highest BCUT2D eigenvalue weighted by Gasteiger charge is 2.17. The molecular formula is C14H25N5. The van der Waals surface area contributed by atoms with Crippen LogP contribution in [0, 0.1) is 5.92 Å². The molecular weight excluding hydrogens is 238 g/mol. The summed E-state index contributed by atoms with van der Waals surface area (Å²) in [7, 11) is 0. The maximum Gasteiger partial charge on any atom is 0.244 e. The zero-order valence-corrected chi connectivity index (χ0v) is 12.1. The summed E-state index contributed by atoms with van der Waals surface area (Å²) >= 11 is 0. The number of hydrogen-bond acceptors (Lipinski definition) is 5. The van der Waals surface area contributed by atoms with Crippen molar-refractivity contribution in [2.75, 3.05) is 29.9 Å². The van der Waals surface area contributed by atoms with E-state index in [-0.39, 0.29) is 0 Å². The van der Waals surface area contributed by atoms with Crippen LogP contribution in [0.1, 0.15) is 46.0 Å². The molecule has 5 nitrogen and oxygen atoms in total. The van der Waals surface area contributed by atoms with Crippen molar-refractivity contribution in [3.8, 4) is 0 Å². The summed E-state index contributed by atoms with van der Waals surface area (Å²) < 4.78 is 0. The summed E-state index contributed by atoms with van der Waals surface area (Å²) in [4.78, 5) is 6.87. The highest BCUT2D eigenvalue weighted by atomic mass is 15.3. The van der Waals surface area contributed by atoms with Crippen LogP contribution < -0.4 is 10.2 Å². The Labute approximate surface area is 115 Å². The third-order valence-corrected chi connectivity index (χ3v) is 3.72. The summed E-state index contributed by atoms with van der Waals surface area (Å²) in [5.41, 5.74) is 0. The van der Waals surface area contributed by atoms with Crippen LogP contribution in [0.2, 0.25) is 0 Å². The molecule has 0 unspecified atom stereocenters. The molecule has 0 saturated carbocycles. The second-order valence-corrected chi connectivity index (χ2v) is 5.44. The Balaban J connectivity index is 1.87. The Morgan fingerprint density at radius 1 is 1.32 bits per heavy atom. The molecule has 19 heavy (non-hydrogen) atoms. The molecule has 1 aromatic rings. The molecule has 1 N–H and O–H groups in total. The van der Waals surface area contributed by atoms with Gasteiger partial charge in [0.1, 0.15) is 0 Å². The predicted molar refractivity (Wildman–Crippen MR) is 78.5 cm³/mol. The van der Waals surface area contributed by atoms with E-state index in [9.17, 15) is 0 Å². The van der Waals surface area contributed by atoms with Crippen molar-refractivity contribution < 1.29 is 0 Å². The first-order valence-corrected chi connectivity index (χ1v) is 7.48. The van der Waals surface area contributed by atoms with Gasteiger partial charge in [0.05, 0.1) is 6.20 Å². The minimum absolute atomic E-state index is 0.659. The Kier molecular flexibility index (Phi) is 5.36. The fourth-order valence-electron chi connectivity index (χ4n) is 2.34. The Hall–Kier alpha value is -1.39. The van der Waals surface area contributed by atoms with Crippen molar-refractivity contribution >= 4 is 11.8 Å². The van der Waals surface area contributed by atoms with E-state index >= 15 is 0 Å². The Morgan fingerprint density at radius 3 is 2.84 bits per heavy atom. The topological polar surface area (TPSA) is 53.9 Å². The molecule has 0 aromatic carbocycles. The van der Waals surface area contributed by atoms with Gasteiger partial charge in [-0.3, -0.25) is 0 Å². The minimum atomic E-state index is 0.659. The maximum absolute atomic E-state index is 4.56. The number of anilines is 2. The van der Waals surface area contributed by atoms with Crippen LogP contribution in [-0.4, -0.2) is 34.8 Å². The van der Waals surface area contributed by atoms with Gasteiger partial charge in [-0.25, -0.2) is 0 Å². The largest absolute Gasteiger partial charge is 0.355 e. The summed E-state index contributed by atoms with van der Waals surface area (Å²) in [5.74, 6) is 2.45. The van der Waals surface area contributed by atoms with Crippen LogP contribution in [0.15, 0.2) is 6.20 Å². The fraction of sp³-hybridized carbons (Fsp3) is 0.786. The van der Waals surface area contributed by atoms with Crippen LogP contribution >= 0.6 is 0 Å². The van der Waals surface area contributed by atoms with E-state index in [1.807, 2.05) is 0 Å². The first-order valence-electron chi connectivity index (χ1n) is 7.48. The fourth-order valence-corrected chi connectivity index (χ4v) is 2.34. The van der Waals surface area contributed by atoms with Crippen LogP contribution in [0.5, 0.6) is 0 Å². The molecule has 2 heterocycles. The van der Waals surface area contributed by atoms with Crippen molar-refractivity contribution in [3.63, 3.8) is 0 Å². The molecule has 1 fully saturated rings. The second-order valence-electron chi connectivity index (χ2n) is 5.44. The zero-order valence-electron chi connectivity index (χ0n) is 12.1. The first-order chi connectivity index (χ1) is 9.29. The molecule has 1 aliphatic rings. The lowest BCUT2D eigenvalue weighted by Crippen LogP contribution is -2.33. The van der Waals surface area contributed by atoms with Crippen LogP contribution in [0.3, 0.4) is 0 Å². The highest BCUT2D eigenvalue weighted by molar-refractivity contribution is 5.40. The van der Waals surface area contributed by atoms with E-state index < -0.39 is 0 Å². The van der Waals surface area contributed by atoms with E-state index in [1.54, 1.807) is 6.20 Å². The van der Waals surface area contributed by atoms with E-state index in [2.05, 4.69) is 39.2 Å². The molecule has 2 rings (SSSR count). The number of nitrogens with zero attached hydrogens (tertiary/aromatic N) is 4. The van der Waals surface area contributed by atoms with Crippen LogP contribution in [0.25, 0.3) is 0 Å². The standard InChI is InChI=1S/C14H25N5/c1-3-4-5-8-15-14-17-13(11-16-18-14)19-9-6-12(2)7-10-19/h11-12H,3-10H2,1-2H3,(H,15,17,18). The van der Waals surface area contributed by atoms with Crippen molar-refractivity contribution in [2.24, 2.45) is 5.92 Å².